The number of nitrogens with zero attached hydrogens (tertiary/aromatic N) is 4. The van der Waals surface area contributed by atoms with E-state index in [-0.39, 0.29) is 6.54 Å². The first-order valence-corrected chi connectivity index (χ1v) is 10.3. The van der Waals surface area contributed by atoms with Crippen molar-refractivity contribution >= 4 is 34.5 Å². The number of anilines is 1. The molecule has 0 fully saturated rings. The molecule has 5 nitrogen and oxygen atoms in total. The number of benzene rings is 1. The van der Waals surface area contributed by atoms with Crippen molar-refractivity contribution in [2.75, 3.05) is 18.0 Å². The Labute approximate surface area is 179 Å². The first-order chi connectivity index (χ1) is 14.3. The molecular formula is C20H16ClF3N4OS. The summed E-state index contributed by atoms with van der Waals surface area (Å²) in [5, 5.41) is 0.683. The maximum Gasteiger partial charge on any atom is 0.425 e. The maximum atomic E-state index is 12.7. The summed E-state index contributed by atoms with van der Waals surface area (Å²) in [5.74, 6) is 0.310. The molecule has 0 radical (unpaired) electrons. The number of rotatable bonds is 4. The number of alkyl halides is 3. The Morgan fingerprint density at radius 3 is 2.50 bits per heavy atom. The van der Waals surface area contributed by atoms with E-state index in [0.29, 0.717) is 40.3 Å². The molecule has 0 atom stereocenters. The summed E-state index contributed by atoms with van der Waals surface area (Å²) in [4.78, 5) is 22.2. The maximum absolute atomic E-state index is 12.7. The minimum absolute atomic E-state index is 0.000474. The molecule has 30 heavy (non-hydrogen) atoms. The summed E-state index contributed by atoms with van der Waals surface area (Å²) in [6, 6.07) is 10.0. The fourth-order valence-corrected chi connectivity index (χ4v) is 4.17. The van der Waals surface area contributed by atoms with Gasteiger partial charge in [-0.2, -0.15) is 18.2 Å². The fourth-order valence-electron chi connectivity index (χ4n) is 3.17. The molecule has 2 aromatic heterocycles. The molecule has 0 N–H and O–H groups in total. The minimum Gasteiger partial charge on any atom is -0.337 e. The average molecular weight is 453 g/mol. The Hall–Kier alpha value is -2.65. The summed E-state index contributed by atoms with van der Waals surface area (Å²) in [5.41, 5.74) is 1.74. The Kier molecular flexibility index (Phi) is 5.66. The van der Waals surface area contributed by atoms with Crippen molar-refractivity contribution in [1.29, 1.82) is 0 Å². The SMILES string of the molecule is O=c1nc(N2CC=C(c3ccc(Cl)cc3)CC2)ncn1Cc1ccc(C(F)(F)F)s1. The van der Waals surface area contributed by atoms with E-state index in [0.717, 1.165) is 18.1 Å². The van der Waals surface area contributed by atoms with Crippen molar-refractivity contribution in [3.8, 4) is 0 Å². The van der Waals surface area contributed by atoms with Gasteiger partial charge >= 0.3 is 11.9 Å². The molecule has 1 aliphatic heterocycles. The minimum atomic E-state index is -4.39. The number of thiophene rings is 1. The van der Waals surface area contributed by atoms with Gasteiger partial charge in [0, 0.05) is 23.0 Å². The van der Waals surface area contributed by atoms with Crippen LogP contribution in [-0.2, 0) is 12.7 Å². The molecule has 4 rings (SSSR count). The van der Waals surface area contributed by atoms with Gasteiger partial charge in [0.25, 0.3) is 0 Å². The van der Waals surface area contributed by atoms with Gasteiger partial charge < -0.3 is 4.90 Å². The van der Waals surface area contributed by atoms with E-state index in [1.54, 1.807) is 0 Å². The van der Waals surface area contributed by atoms with Crippen molar-refractivity contribution in [3.05, 3.63) is 79.6 Å². The lowest BCUT2D eigenvalue weighted by atomic mass is 10.00. The highest BCUT2D eigenvalue weighted by Gasteiger charge is 2.32. The molecule has 3 aromatic rings. The van der Waals surface area contributed by atoms with Gasteiger partial charge in [-0.05, 0) is 41.8 Å². The highest BCUT2D eigenvalue weighted by atomic mass is 35.5. The highest BCUT2D eigenvalue weighted by molar-refractivity contribution is 7.12. The van der Waals surface area contributed by atoms with Crippen molar-refractivity contribution in [1.82, 2.24) is 14.5 Å². The molecule has 0 amide bonds. The smallest absolute Gasteiger partial charge is 0.337 e. The monoisotopic (exact) mass is 452 g/mol. The lowest BCUT2D eigenvalue weighted by Gasteiger charge is -2.26. The molecule has 0 aliphatic carbocycles. The summed E-state index contributed by atoms with van der Waals surface area (Å²) < 4.78 is 39.4. The summed E-state index contributed by atoms with van der Waals surface area (Å²) in [6.07, 6.45) is -0.230. The molecule has 0 saturated carbocycles. The molecule has 0 spiro atoms. The largest absolute Gasteiger partial charge is 0.425 e. The molecular weight excluding hydrogens is 437 g/mol. The average Bonchev–Trinajstić information content (AvgIpc) is 3.20. The zero-order valence-electron chi connectivity index (χ0n) is 15.6. The number of hydrogen-bond acceptors (Lipinski definition) is 5. The van der Waals surface area contributed by atoms with Gasteiger partial charge in [-0.25, -0.2) is 9.78 Å². The molecule has 0 bridgehead atoms. The van der Waals surface area contributed by atoms with Crippen molar-refractivity contribution < 1.29 is 13.2 Å². The van der Waals surface area contributed by atoms with Crippen LogP contribution in [0.5, 0.6) is 0 Å². The molecule has 156 valence electrons. The van der Waals surface area contributed by atoms with Crippen LogP contribution in [0.15, 0.2) is 53.6 Å². The van der Waals surface area contributed by atoms with Gasteiger partial charge in [-0.15, -0.1) is 11.3 Å². The predicted molar refractivity (Wildman–Crippen MR) is 111 cm³/mol. The Bertz CT molecular complexity index is 1140. The van der Waals surface area contributed by atoms with Crippen LogP contribution < -0.4 is 10.6 Å². The lowest BCUT2D eigenvalue weighted by molar-refractivity contribution is -0.134. The van der Waals surface area contributed by atoms with Gasteiger partial charge in [0.1, 0.15) is 11.2 Å². The van der Waals surface area contributed by atoms with Crippen molar-refractivity contribution in [3.63, 3.8) is 0 Å². The van der Waals surface area contributed by atoms with Crippen LogP contribution in [0.3, 0.4) is 0 Å². The Balaban J connectivity index is 1.45. The van der Waals surface area contributed by atoms with Crippen LogP contribution >= 0.6 is 22.9 Å². The van der Waals surface area contributed by atoms with Gasteiger partial charge in [0.2, 0.25) is 5.95 Å². The Morgan fingerprint density at radius 1 is 1.13 bits per heavy atom. The quantitative estimate of drug-likeness (QED) is 0.575. The molecule has 1 aromatic carbocycles. The number of aromatic nitrogens is 3. The zero-order valence-corrected chi connectivity index (χ0v) is 17.1. The van der Waals surface area contributed by atoms with Gasteiger partial charge in [-0.3, -0.25) is 4.57 Å². The third-order valence-corrected chi connectivity index (χ3v) is 6.09. The van der Waals surface area contributed by atoms with Gasteiger partial charge in [0.05, 0.1) is 6.54 Å². The zero-order chi connectivity index (χ0) is 21.3. The van der Waals surface area contributed by atoms with E-state index >= 15 is 0 Å². The predicted octanol–water partition coefficient (Wildman–Crippen LogP) is 4.71. The third kappa shape index (κ3) is 4.57. The third-order valence-electron chi connectivity index (χ3n) is 4.73. The van der Waals surface area contributed by atoms with Crippen molar-refractivity contribution in [2.45, 2.75) is 19.1 Å². The topological polar surface area (TPSA) is 51.0 Å². The fraction of sp³-hybridized carbons (Fsp3) is 0.250. The normalized spacial score (nSPS) is 14.7. The number of hydrogen-bond donors (Lipinski definition) is 0. The van der Waals surface area contributed by atoms with E-state index in [2.05, 4.69) is 16.0 Å². The standard InChI is InChI=1S/C20H16ClF3N4OS/c21-15-3-1-13(2-4-15)14-7-9-27(10-8-14)18-25-12-28(19(29)26-18)11-16-5-6-17(30-16)20(22,23)24/h1-7,12H,8-11H2. The van der Waals surface area contributed by atoms with E-state index < -0.39 is 16.7 Å². The van der Waals surface area contributed by atoms with Crippen LogP contribution in [0.2, 0.25) is 5.02 Å². The molecule has 3 heterocycles. The molecule has 1 aliphatic rings. The van der Waals surface area contributed by atoms with Crippen molar-refractivity contribution in [2.24, 2.45) is 0 Å². The van der Waals surface area contributed by atoms with E-state index in [1.165, 1.54) is 22.5 Å². The molecule has 0 saturated heterocycles. The Morgan fingerprint density at radius 2 is 1.90 bits per heavy atom. The second-order valence-corrected chi connectivity index (χ2v) is 8.37. The molecule has 10 heteroatoms. The second-order valence-electron chi connectivity index (χ2n) is 6.76. The summed E-state index contributed by atoms with van der Waals surface area (Å²) >= 11 is 6.54. The van der Waals surface area contributed by atoms with Crippen LogP contribution in [0.4, 0.5) is 19.1 Å². The first-order valence-electron chi connectivity index (χ1n) is 9.09. The van der Waals surface area contributed by atoms with Crippen LogP contribution in [-0.4, -0.2) is 27.6 Å². The summed E-state index contributed by atoms with van der Waals surface area (Å²) in [7, 11) is 0. The highest BCUT2D eigenvalue weighted by Crippen LogP contribution is 2.34. The summed E-state index contributed by atoms with van der Waals surface area (Å²) in [6.45, 7) is 1.21. The van der Waals surface area contributed by atoms with Gasteiger partial charge in [-0.1, -0.05) is 29.8 Å². The lowest BCUT2D eigenvalue weighted by Crippen LogP contribution is -2.33. The second kappa shape index (κ2) is 8.23. The van der Waals surface area contributed by atoms with E-state index in [9.17, 15) is 18.0 Å². The molecule has 0 unspecified atom stereocenters. The van der Waals surface area contributed by atoms with E-state index in [4.69, 9.17) is 11.6 Å². The van der Waals surface area contributed by atoms with Crippen LogP contribution in [0, 0.1) is 0 Å². The number of halogens is 4. The van der Waals surface area contributed by atoms with Crippen LogP contribution in [0.25, 0.3) is 5.57 Å². The first kappa shape index (κ1) is 20.6. The van der Waals surface area contributed by atoms with Crippen LogP contribution in [0.1, 0.15) is 21.7 Å². The van der Waals surface area contributed by atoms with E-state index in [1.807, 2.05) is 29.2 Å². The van der Waals surface area contributed by atoms with Gasteiger partial charge in [0.15, 0.2) is 0 Å².